The van der Waals surface area contributed by atoms with Gasteiger partial charge in [-0.15, -0.1) is 0 Å². The van der Waals surface area contributed by atoms with Gasteiger partial charge in [0.2, 0.25) is 11.8 Å². The molecule has 138 valence electrons. The topological polar surface area (TPSA) is 98.5 Å². The summed E-state index contributed by atoms with van der Waals surface area (Å²) in [5.74, 6) is -0.551. The van der Waals surface area contributed by atoms with Crippen LogP contribution in [0.5, 0.6) is 0 Å². The molecule has 2 heterocycles. The third kappa shape index (κ3) is 4.31. The number of anilines is 1. The van der Waals surface area contributed by atoms with Crippen molar-refractivity contribution in [2.24, 2.45) is 0 Å². The molecule has 1 aliphatic rings. The molecule has 8 heteroatoms. The fourth-order valence-electron chi connectivity index (χ4n) is 2.11. The molecule has 0 bridgehead atoms. The standard InChI is InChI=1S/C17H24N2O5S/c1-5-12(2)14-10-15(24-19-14)18-16(20)17(3,4)25(21,22)11-13-6-8-23-9-7-13/h6-8,10,12H,5,9,11H2,1-4H3,(H,18,20). The van der Waals surface area contributed by atoms with Gasteiger partial charge in [0.25, 0.3) is 0 Å². The van der Waals surface area contributed by atoms with Crippen molar-refractivity contribution in [2.75, 3.05) is 17.7 Å². The maximum atomic E-state index is 12.7. The highest BCUT2D eigenvalue weighted by Gasteiger charge is 2.42. The summed E-state index contributed by atoms with van der Waals surface area (Å²) in [5, 5.41) is 6.42. The van der Waals surface area contributed by atoms with Crippen molar-refractivity contribution >= 4 is 21.6 Å². The van der Waals surface area contributed by atoms with Gasteiger partial charge in [0, 0.05) is 12.0 Å². The molecule has 0 spiro atoms. The molecule has 1 aliphatic heterocycles. The number of ether oxygens (including phenoxy) is 1. The molecule has 0 saturated heterocycles. The Balaban J connectivity index is 2.11. The first kappa shape index (κ1) is 19.2. The molecule has 0 aromatic carbocycles. The number of aromatic nitrogens is 1. The van der Waals surface area contributed by atoms with Crippen LogP contribution in [0.3, 0.4) is 0 Å². The van der Waals surface area contributed by atoms with Crippen molar-refractivity contribution in [1.82, 2.24) is 5.16 Å². The second-order valence-electron chi connectivity index (χ2n) is 6.56. The molecule has 1 N–H and O–H groups in total. The SMILES string of the molecule is CCC(C)c1cc(NC(=O)C(C)(C)S(=O)(=O)CC2=CCOC=C2)on1. The number of carbonyl (C=O) groups excluding carboxylic acids is 1. The van der Waals surface area contributed by atoms with Crippen LogP contribution in [0, 0.1) is 0 Å². The van der Waals surface area contributed by atoms with E-state index in [-0.39, 0.29) is 17.6 Å². The predicted octanol–water partition coefficient (Wildman–Crippen LogP) is 2.79. The van der Waals surface area contributed by atoms with Gasteiger partial charge >= 0.3 is 0 Å². The average Bonchev–Trinajstić information content (AvgIpc) is 3.03. The highest BCUT2D eigenvalue weighted by molar-refractivity contribution is 7.93. The molecule has 1 aromatic heterocycles. The Morgan fingerprint density at radius 2 is 2.16 bits per heavy atom. The van der Waals surface area contributed by atoms with Gasteiger partial charge in [-0.05, 0) is 38.0 Å². The Bertz CT molecular complexity index is 790. The number of sulfone groups is 1. The van der Waals surface area contributed by atoms with Crippen LogP contribution in [0.25, 0.3) is 0 Å². The zero-order valence-electron chi connectivity index (χ0n) is 14.9. The van der Waals surface area contributed by atoms with Crippen LogP contribution in [0.1, 0.15) is 45.7 Å². The van der Waals surface area contributed by atoms with E-state index < -0.39 is 20.5 Å². The fourth-order valence-corrected chi connectivity index (χ4v) is 3.46. The van der Waals surface area contributed by atoms with E-state index in [9.17, 15) is 13.2 Å². The summed E-state index contributed by atoms with van der Waals surface area (Å²) in [7, 11) is -3.74. The van der Waals surface area contributed by atoms with E-state index in [1.54, 1.807) is 18.2 Å². The Hall–Kier alpha value is -2.09. The minimum Gasteiger partial charge on any atom is -0.497 e. The molecule has 1 atom stereocenters. The number of rotatable bonds is 7. The van der Waals surface area contributed by atoms with Gasteiger partial charge in [-0.3, -0.25) is 10.1 Å². The lowest BCUT2D eigenvalue weighted by Crippen LogP contribution is -2.45. The predicted molar refractivity (Wildman–Crippen MR) is 94.9 cm³/mol. The Morgan fingerprint density at radius 3 is 2.76 bits per heavy atom. The van der Waals surface area contributed by atoms with Crippen molar-refractivity contribution in [3.63, 3.8) is 0 Å². The van der Waals surface area contributed by atoms with Crippen molar-refractivity contribution in [3.8, 4) is 0 Å². The number of carbonyl (C=O) groups is 1. The van der Waals surface area contributed by atoms with Crippen molar-refractivity contribution < 1.29 is 22.5 Å². The molecule has 1 aromatic rings. The molecular formula is C17H24N2O5S. The number of hydrogen-bond acceptors (Lipinski definition) is 6. The first-order valence-corrected chi connectivity index (χ1v) is 9.80. The highest BCUT2D eigenvalue weighted by Crippen LogP contribution is 2.25. The van der Waals surface area contributed by atoms with Crippen LogP contribution in [0.4, 0.5) is 5.88 Å². The molecule has 0 fully saturated rings. The summed E-state index contributed by atoms with van der Waals surface area (Å²) in [6.07, 6.45) is 5.60. The molecule has 2 rings (SSSR count). The summed E-state index contributed by atoms with van der Waals surface area (Å²) in [5.41, 5.74) is 1.32. The number of allylic oxidation sites excluding steroid dienone is 1. The van der Waals surface area contributed by atoms with Crippen LogP contribution < -0.4 is 5.32 Å². The average molecular weight is 368 g/mol. The van der Waals surface area contributed by atoms with Crippen molar-refractivity contribution in [2.45, 2.75) is 44.8 Å². The maximum absolute atomic E-state index is 12.7. The lowest BCUT2D eigenvalue weighted by atomic mass is 10.1. The van der Waals surface area contributed by atoms with Crippen LogP contribution in [0.15, 0.2) is 34.6 Å². The summed E-state index contributed by atoms with van der Waals surface area (Å²) in [6, 6.07) is 1.62. The summed E-state index contributed by atoms with van der Waals surface area (Å²) in [6.45, 7) is 7.10. The van der Waals surface area contributed by atoms with E-state index in [0.717, 1.165) is 12.1 Å². The van der Waals surface area contributed by atoms with Crippen molar-refractivity contribution in [3.05, 3.63) is 35.7 Å². The minimum atomic E-state index is -3.74. The minimum absolute atomic E-state index is 0.147. The summed E-state index contributed by atoms with van der Waals surface area (Å²) < 4.78 is 33.9. The van der Waals surface area contributed by atoms with E-state index in [1.807, 2.05) is 13.8 Å². The molecule has 1 amide bonds. The molecule has 7 nitrogen and oxygen atoms in total. The normalized spacial score (nSPS) is 16.1. The van der Waals surface area contributed by atoms with Crippen LogP contribution >= 0.6 is 0 Å². The van der Waals surface area contributed by atoms with Crippen molar-refractivity contribution in [1.29, 1.82) is 0 Å². The van der Waals surface area contributed by atoms with Crippen LogP contribution in [-0.4, -0.2) is 36.6 Å². The highest BCUT2D eigenvalue weighted by atomic mass is 32.2. The number of amides is 1. The maximum Gasteiger partial charge on any atom is 0.247 e. The second kappa shape index (κ2) is 7.43. The first-order chi connectivity index (χ1) is 11.7. The molecule has 0 radical (unpaired) electrons. The van der Waals surface area contributed by atoms with E-state index in [2.05, 4.69) is 10.5 Å². The molecule has 25 heavy (non-hydrogen) atoms. The molecule has 0 saturated carbocycles. The van der Waals surface area contributed by atoms with E-state index >= 15 is 0 Å². The van der Waals surface area contributed by atoms with Gasteiger partial charge in [-0.1, -0.05) is 19.0 Å². The van der Waals surface area contributed by atoms with E-state index in [1.165, 1.54) is 20.1 Å². The van der Waals surface area contributed by atoms with Gasteiger partial charge in [-0.2, -0.15) is 0 Å². The summed E-state index contributed by atoms with van der Waals surface area (Å²) in [4.78, 5) is 12.5. The lowest BCUT2D eigenvalue weighted by molar-refractivity contribution is -0.118. The Labute approximate surface area is 148 Å². The first-order valence-electron chi connectivity index (χ1n) is 8.15. The third-order valence-corrected chi connectivity index (χ3v) is 6.84. The summed E-state index contributed by atoms with van der Waals surface area (Å²) >= 11 is 0. The zero-order chi connectivity index (χ0) is 18.7. The fraction of sp³-hybridized carbons (Fsp3) is 0.529. The largest absolute Gasteiger partial charge is 0.497 e. The quantitative estimate of drug-likeness (QED) is 0.794. The van der Waals surface area contributed by atoms with E-state index in [0.29, 0.717) is 12.2 Å². The lowest BCUT2D eigenvalue weighted by Gasteiger charge is -2.23. The number of hydrogen-bond donors (Lipinski definition) is 1. The smallest absolute Gasteiger partial charge is 0.247 e. The van der Waals surface area contributed by atoms with E-state index in [4.69, 9.17) is 9.26 Å². The second-order valence-corrected chi connectivity index (χ2v) is 9.10. The van der Waals surface area contributed by atoms with Crippen LogP contribution in [0.2, 0.25) is 0 Å². The van der Waals surface area contributed by atoms with Gasteiger partial charge < -0.3 is 9.26 Å². The van der Waals surface area contributed by atoms with Gasteiger partial charge in [0.1, 0.15) is 11.4 Å². The van der Waals surface area contributed by atoms with Crippen LogP contribution in [-0.2, 0) is 19.4 Å². The molecule has 1 unspecified atom stereocenters. The number of nitrogens with one attached hydrogen (secondary N) is 1. The Morgan fingerprint density at radius 1 is 1.44 bits per heavy atom. The van der Waals surface area contributed by atoms with Gasteiger partial charge in [-0.25, -0.2) is 8.42 Å². The van der Waals surface area contributed by atoms with Gasteiger partial charge in [0.15, 0.2) is 9.84 Å². The third-order valence-electron chi connectivity index (χ3n) is 4.38. The monoisotopic (exact) mass is 368 g/mol. The van der Waals surface area contributed by atoms with Gasteiger partial charge in [0.05, 0.1) is 17.7 Å². The zero-order valence-corrected chi connectivity index (χ0v) is 15.7. The Kier molecular flexibility index (Phi) is 5.72. The molecular weight excluding hydrogens is 344 g/mol. The molecule has 0 aliphatic carbocycles. The number of nitrogens with zero attached hydrogens (tertiary/aromatic N) is 1.